The lowest BCUT2D eigenvalue weighted by molar-refractivity contribution is 0.114. The van der Waals surface area contributed by atoms with Crippen LogP contribution < -0.4 is 0 Å². The van der Waals surface area contributed by atoms with Crippen molar-refractivity contribution in [3.63, 3.8) is 0 Å². The highest BCUT2D eigenvalue weighted by atomic mass is 15.2. The molecular weight excluding hydrogens is 220 g/mol. The number of rotatable bonds is 5. The highest BCUT2D eigenvalue weighted by molar-refractivity contribution is 4.99. The maximum absolute atomic E-state index is 9.33. The number of hydrogen-bond donors (Lipinski definition) is 0. The highest BCUT2D eigenvalue weighted by Gasteiger charge is 2.36. The Morgan fingerprint density at radius 2 is 1.83 bits per heavy atom. The molecule has 0 amide bonds. The van der Waals surface area contributed by atoms with Crippen LogP contribution in [0.25, 0.3) is 0 Å². The monoisotopic (exact) mass is 248 g/mol. The zero-order valence-electron chi connectivity index (χ0n) is 12.1. The Bertz CT molecular complexity index is 286. The molecule has 0 bridgehead atoms. The van der Waals surface area contributed by atoms with Crippen LogP contribution in [0, 0.1) is 23.2 Å². The van der Waals surface area contributed by atoms with Crippen molar-refractivity contribution in [2.45, 2.75) is 77.3 Å². The third-order valence-corrected chi connectivity index (χ3v) is 4.83. The highest BCUT2D eigenvalue weighted by Crippen LogP contribution is 2.35. The van der Waals surface area contributed by atoms with Crippen molar-refractivity contribution in [3.05, 3.63) is 0 Å². The van der Waals surface area contributed by atoms with Crippen molar-refractivity contribution in [2.24, 2.45) is 11.8 Å². The van der Waals surface area contributed by atoms with Gasteiger partial charge in [-0.2, -0.15) is 5.26 Å². The minimum atomic E-state index is 0.303. The fourth-order valence-electron chi connectivity index (χ4n) is 3.75. The zero-order valence-corrected chi connectivity index (χ0v) is 12.1. The van der Waals surface area contributed by atoms with Gasteiger partial charge in [-0.05, 0) is 44.6 Å². The van der Waals surface area contributed by atoms with Gasteiger partial charge < -0.3 is 0 Å². The third kappa shape index (κ3) is 3.26. The van der Waals surface area contributed by atoms with Crippen LogP contribution in [0.15, 0.2) is 0 Å². The van der Waals surface area contributed by atoms with Crippen molar-refractivity contribution in [2.75, 3.05) is 6.54 Å². The SMILES string of the molecule is CC(C)CCN(C1CCCC1)C1CCCC1C#N. The van der Waals surface area contributed by atoms with E-state index >= 15 is 0 Å². The molecule has 0 aromatic carbocycles. The number of nitriles is 1. The molecule has 2 unspecified atom stereocenters. The van der Waals surface area contributed by atoms with Crippen LogP contribution in [0.4, 0.5) is 0 Å². The summed E-state index contributed by atoms with van der Waals surface area (Å²) in [6.07, 6.45) is 10.5. The van der Waals surface area contributed by atoms with Crippen molar-refractivity contribution in [1.82, 2.24) is 4.90 Å². The van der Waals surface area contributed by atoms with Gasteiger partial charge in [0.2, 0.25) is 0 Å². The summed E-state index contributed by atoms with van der Waals surface area (Å²) in [5.74, 6) is 1.08. The van der Waals surface area contributed by atoms with Gasteiger partial charge in [0.25, 0.3) is 0 Å². The molecule has 0 aromatic rings. The van der Waals surface area contributed by atoms with E-state index in [1.165, 1.54) is 51.5 Å². The minimum absolute atomic E-state index is 0.303. The molecule has 2 fully saturated rings. The lowest BCUT2D eigenvalue weighted by Crippen LogP contribution is -2.44. The summed E-state index contributed by atoms with van der Waals surface area (Å²) >= 11 is 0. The normalized spacial score (nSPS) is 29.3. The molecule has 0 aliphatic heterocycles. The summed E-state index contributed by atoms with van der Waals surface area (Å²) in [6.45, 7) is 5.83. The smallest absolute Gasteiger partial charge is 0.0672 e. The minimum Gasteiger partial charge on any atom is -0.296 e. The maximum atomic E-state index is 9.33. The molecule has 0 aromatic heterocycles. The molecular formula is C16H28N2. The fourth-order valence-corrected chi connectivity index (χ4v) is 3.75. The van der Waals surface area contributed by atoms with E-state index in [4.69, 9.17) is 0 Å². The molecule has 2 saturated carbocycles. The van der Waals surface area contributed by atoms with E-state index in [9.17, 15) is 5.26 Å². The summed E-state index contributed by atoms with van der Waals surface area (Å²) in [5.41, 5.74) is 0. The van der Waals surface area contributed by atoms with E-state index < -0.39 is 0 Å². The van der Waals surface area contributed by atoms with E-state index in [1.807, 2.05) is 0 Å². The van der Waals surface area contributed by atoms with Gasteiger partial charge in [0.1, 0.15) is 0 Å². The molecule has 0 radical (unpaired) electrons. The second kappa shape index (κ2) is 6.57. The summed E-state index contributed by atoms with van der Waals surface area (Å²) in [6, 6.07) is 3.91. The predicted octanol–water partition coefficient (Wildman–Crippen LogP) is 3.97. The fraction of sp³-hybridized carbons (Fsp3) is 0.938. The Morgan fingerprint density at radius 3 is 2.44 bits per heavy atom. The summed E-state index contributed by atoms with van der Waals surface area (Å²) in [4.78, 5) is 2.73. The van der Waals surface area contributed by atoms with Gasteiger partial charge in [-0.3, -0.25) is 4.90 Å². The molecule has 0 N–H and O–H groups in total. The zero-order chi connectivity index (χ0) is 13.0. The molecule has 2 rings (SSSR count). The Kier molecular flexibility index (Phi) is 5.06. The maximum Gasteiger partial charge on any atom is 0.0672 e. The van der Waals surface area contributed by atoms with E-state index in [0.717, 1.165) is 18.4 Å². The average molecular weight is 248 g/mol. The molecule has 0 heterocycles. The van der Waals surface area contributed by atoms with Crippen molar-refractivity contribution < 1.29 is 0 Å². The summed E-state index contributed by atoms with van der Waals surface area (Å²) < 4.78 is 0. The first kappa shape index (κ1) is 13.9. The molecule has 2 aliphatic rings. The van der Waals surface area contributed by atoms with E-state index in [-0.39, 0.29) is 0 Å². The molecule has 18 heavy (non-hydrogen) atoms. The standard InChI is InChI=1S/C16H28N2/c1-13(2)10-11-18(15-7-3-4-8-15)16-9-5-6-14(16)12-17/h13-16H,3-11H2,1-2H3. The van der Waals surface area contributed by atoms with Gasteiger partial charge >= 0.3 is 0 Å². The quantitative estimate of drug-likeness (QED) is 0.736. The van der Waals surface area contributed by atoms with Crippen molar-refractivity contribution in [3.8, 4) is 6.07 Å². The summed E-state index contributed by atoms with van der Waals surface area (Å²) in [5, 5.41) is 9.33. The van der Waals surface area contributed by atoms with Crippen LogP contribution in [-0.2, 0) is 0 Å². The van der Waals surface area contributed by atoms with Crippen LogP contribution in [0.2, 0.25) is 0 Å². The van der Waals surface area contributed by atoms with Crippen molar-refractivity contribution >= 4 is 0 Å². The molecule has 0 spiro atoms. The van der Waals surface area contributed by atoms with Crippen LogP contribution in [0.5, 0.6) is 0 Å². The van der Waals surface area contributed by atoms with Gasteiger partial charge in [0.15, 0.2) is 0 Å². The average Bonchev–Trinajstić information content (AvgIpc) is 2.99. The second-order valence-corrected chi connectivity index (χ2v) is 6.59. The van der Waals surface area contributed by atoms with Crippen LogP contribution in [-0.4, -0.2) is 23.5 Å². The molecule has 2 nitrogen and oxygen atoms in total. The van der Waals surface area contributed by atoms with E-state index in [0.29, 0.717) is 12.0 Å². The first-order chi connectivity index (χ1) is 8.72. The Balaban J connectivity index is 2.00. The van der Waals surface area contributed by atoms with Gasteiger partial charge in [0, 0.05) is 12.1 Å². The first-order valence-corrected chi connectivity index (χ1v) is 7.87. The molecule has 2 aliphatic carbocycles. The Hall–Kier alpha value is -0.550. The topological polar surface area (TPSA) is 27.0 Å². The lowest BCUT2D eigenvalue weighted by Gasteiger charge is -2.36. The van der Waals surface area contributed by atoms with Gasteiger partial charge in [-0.1, -0.05) is 33.1 Å². The van der Waals surface area contributed by atoms with Crippen molar-refractivity contribution in [1.29, 1.82) is 5.26 Å². The number of hydrogen-bond acceptors (Lipinski definition) is 2. The predicted molar refractivity (Wildman–Crippen MR) is 75.2 cm³/mol. The largest absolute Gasteiger partial charge is 0.296 e. The molecule has 102 valence electrons. The summed E-state index contributed by atoms with van der Waals surface area (Å²) in [7, 11) is 0. The first-order valence-electron chi connectivity index (χ1n) is 7.87. The van der Waals surface area contributed by atoms with E-state index in [2.05, 4.69) is 24.8 Å². The van der Waals surface area contributed by atoms with Gasteiger partial charge in [-0.25, -0.2) is 0 Å². The van der Waals surface area contributed by atoms with Gasteiger partial charge in [0.05, 0.1) is 12.0 Å². The van der Waals surface area contributed by atoms with Gasteiger partial charge in [-0.15, -0.1) is 0 Å². The van der Waals surface area contributed by atoms with Crippen LogP contribution in [0.3, 0.4) is 0 Å². The Labute approximate surface area is 112 Å². The Morgan fingerprint density at radius 1 is 1.11 bits per heavy atom. The molecule has 0 saturated heterocycles. The van der Waals surface area contributed by atoms with Crippen LogP contribution >= 0.6 is 0 Å². The second-order valence-electron chi connectivity index (χ2n) is 6.59. The number of nitrogens with zero attached hydrogens (tertiary/aromatic N) is 2. The molecule has 2 heteroatoms. The van der Waals surface area contributed by atoms with E-state index in [1.54, 1.807) is 0 Å². The lowest BCUT2D eigenvalue weighted by atomic mass is 9.99. The van der Waals surface area contributed by atoms with Crippen LogP contribution in [0.1, 0.15) is 65.2 Å². The molecule has 2 atom stereocenters. The third-order valence-electron chi connectivity index (χ3n) is 4.83.